The highest BCUT2D eigenvalue weighted by Crippen LogP contribution is 2.19. The van der Waals surface area contributed by atoms with Crippen LogP contribution in [-0.2, 0) is 14.8 Å². The fourth-order valence-electron chi connectivity index (χ4n) is 1.48. The molecular weight excluding hydrogens is 259 g/mol. The summed E-state index contributed by atoms with van der Waals surface area (Å²) in [6.07, 6.45) is 0.578. The molecule has 0 heterocycles. The van der Waals surface area contributed by atoms with Gasteiger partial charge in [-0.3, -0.25) is 0 Å². The predicted octanol–water partition coefficient (Wildman–Crippen LogP) is 1.11. The average molecular weight is 276 g/mol. The zero-order valence-corrected chi connectivity index (χ0v) is 11.1. The lowest BCUT2D eigenvalue weighted by Gasteiger charge is -2.16. The molecule has 0 aliphatic rings. The number of hydrogen-bond donors (Lipinski definition) is 2. The number of rotatable bonds is 6. The molecule has 0 aliphatic carbocycles. The third-order valence-electron chi connectivity index (χ3n) is 2.44. The van der Waals surface area contributed by atoms with Crippen LogP contribution in [0.15, 0.2) is 23.1 Å². The fourth-order valence-corrected chi connectivity index (χ4v) is 2.90. The zero-order valence-electron chi connectivity index (χ0n) is 10.3. The van der Waals surface area contributed by atoms with Crippen LogP contribution in [0.1, 0.15) is 13.3 Å². The van der Waals surface area contributed by atoms with Crippen LogP contribution in [0, 0.1) is 5.82 Å². The van der Waals surface area contributed by atoms with Crippen LogP contribution in [-0.4, -0.2) is 28.2 Å². The summed E-state index contributed by atoms with van der Waals surface area (Å²) in [7, 11) is -2.27. The summed E-state index contributed by atoms with van der Waals surface area (Å²) < 4.78 is 44.3. The Bertz CT molecular complexity index is 505. The molecule has 0 bridgehead atoms. The first-order valence-electron chi connectivity index (χ1n) is 5.47. The number of nitrogens with one attached hydrogen (secondary N) is 1. The Morgan fingerprint density at radius 1 is 1.50 bits per heavy atom. The van der Waals surface area contributed by atoms with Crippen molar-refractivity contribution in [3.8, 4) is 0 Å². The van der Waals surface area contributed by atoms with E-state index in [9.17, 15) is 12.8 Å². The molecule has 1 atom stereocenters. The molecule has 3 N–H and O–H groups in total. The molecule has 0 fully saturated rings. The van der Waals surface area contributed by atoms with Gasteiger partial charge in [0.15, 0.2) is 0 Å². The second kappa shape index (κ2) is 6.12. The maximum Gasteiger partial charge on any atom is 0.242 e. The molecular formula is C11H17FN2O3S. The number of methoxy groups -OCH3 is 1. The van der Waals surface area contributed by atoms with E-state index in [1.807, 2.05) is 6.92 Å². The van der Waals surface area contributed by atoms with Crippen LogP contribution in [0.3, 0.4) is 0 Å². The predicted molar refractivity (Wildman–Crippen MR) is 67.1 cm³/mol. The molecule has 0 aliphatic heterocycles. The Balaban J connectivity index is 2.99. The van der Waals surface area contributed by atoms with Crippen molar-refractivity contribution in [2.45, 2.75) is 24.3 Å². The number of nitrogen functional groups attached to an aromatic ring is 1. The van der Waals surface area contributed by atoms with Crippen molar-refractivity contribution in [1.82, 2.24) is 4.72 Å². The summed E-state index contributed by atoms with van der Waals surface area (Å²) in [5, 5.41) is 0. The largest absolute Gasteiger partial charge is 0.398 e. The molecule has 102 valence electrons. The van der Waals surface area contributed by atoms with E-state index in [1.54, 1.807) is 0 Å². The van der Waals surface area contributed by atoms with E-state index in [1.165, 1.54) is 7.11 Å². The molecule has 5 nitrogen and oxygen atoms in total. The van der Waals surface area contributed by atoms with Gasteiger partial charge in [0.05, 0.1) is 12.3 Å². The van der Waals surface area contributed by atoms with Crippen LogP contribution >= 0.6 is 0 Å². The van der Waals surface area contributed by atoms with Gasteiger partial charge < -0.3 is 10.5 Å². The second-order valence-electron chi connectivity index (χ2n) is 3.86. The van der Waals surface area contributed by atoms with Gasteiger partial charge in [-0.2, -0.15) is 0 Å². The average Bonchev–Trinajstić information content (AvgIpc) is 2.27. The quantitative estimate of drug-likeness (QED) is 0.763. The van der Waals surface area contributed by atoms with Gasteiger partial charge in [-0.05, 0) is 24.6 Å². The Morgan fingerprint density at radius 2 is 2.17 bits per heavy atom. The summed E-state index contributed by atoms with van der Waals surface area (Å²) >= 11 is 0. The van der Waals surface area contributed by atoms with E-state index < -0.39 is 15.8 Å². The van der Waals surface area contributed by atoms with Crippen molar-refractivity contribution in [1.29, 1.82) is 0 Å². The van der Waals surface area contributed by atoms with Gasteiger partial charge in [0, 0.05) is 13.2 Å². The van der Waals surface area contributed by atoms with E-state index >= 15 is 0 Å². The molecule has 0 aromatic heterocycles. The van der Waals surface area contributed by atoms with Crippen molar-refractivity contribution in [2.24, 2.45) is 0 Å². The van der Waals surface area contributed by atoms with Gasteiger partial charge in [-0.15, -0.1) is 0 Å². The Morgan fingerprint density at radius 3 is 2.67 bits per heavy atom. The molecule has 0 spiro atoms. The number of hydrogen-bond acceptors (Lipinski definition) is 4. The molecule has 18 heavy (non-hydrogen) atoms. The van der Waals surface area contributed by atoms with Crippen molar-refractivity contribution in [2.75, 3.05) is 19.5 Å². The number of anilines is 1. The van der Waals surface area contributed by atoms with Crippen molar-refractivity contribution >= 4 is 15.7 Å². The summed E-state index contributed by atoms with van der Waals surface area (Å²) in [5.74, 6) is -0.574. The second-order valence-corrected chi connectivity index (χ2v) is 5.55. The van der Waals surface area contributed by atoms with E-state index in [4.69, 9.17) is 10.5 Å². The maximum atomic E-state index is 12.9. The molecule has 1 unspecified atom stereocenters. The molecule has 1 aromatic rings. The third kappa shape index (κ3) is 3.66. The fraction of sp³-hybridized carbons (Fsp3) is 0.455. The molecule has 0 saturated carbocycles. The SMILES string of the molecule is CCC(COC)NS(=O)(=O)c1ccc(F)cc1N. The minimum absolute atomic E-state index is 0.116. The molecule has 7 heteroatoms. The van der Waals surface area contributed by atoms with Gasteiger partial charge in [0.25, 0.3) is 0 Å². The van der Waals surface area contributed by atoms with Crippen LogP contribution in [0.4, 0.5) is 10.1 Å². The monoisotopic (exact) mass is 276 g/mol. The standard InChI is InChI=1S/C11H17FN2O3S/c1-3-9(7-17-2)14-18(15,16)11-5-4-8(12)6-10(11)13/h4-6,9,14H,3,7,13H2,1-2H3. The number of sulfonamides is 1. The summed E-state index contributed by atoms with van der Waals surface area (Å²) in [6, 6.07) is 2.84. The normalized spacial score (nSPS) is 13.5. The highest BCUT2D eigenvalue weighted by Gasteiger charge is 2.21. The number of nitrogens with two attached hydrogens (primary N) is 1. The van der Waals surface area contributed by atoms with Crippen molar-refractivity contribution < 1.29 is 17.5 Å². The Labute approximate surface area is 106 Å². The van der Waals surface area contributed by atoms with Gasteiger partial charge in [0.2, 0.25) is 10.0 Å². The first-order chi connectivity index (χ1) is 8.40. The third-order valence-corrected chi connectivity index (χ3v) is 4.04. The Kier molecular flexibility index (Phi) is 5.06. The lowest BCUT2D eigenvalue weighted by Crippen LogP contribution is -2.37. The number of halogens is 1. The molecule has 0 radical (unpaired) electrons. The van der Waals surface area contributed by atoms with E-state index in [0.717, 1.165) is 18.2 Å². The number of benzene rings is 1. The summed E-state index contributed by atoms with van der Waals surface area (Å²) in [5.41, 5.74) is 5.39. The summed E-state index contributed by atoms with van der Waals surface area (Å²) in [6.45, 7) is 2.09. The lowest BCUT2D eigenvalue weighted by atomic mass is 10.3. The Hall–Kier alpha value is -1.18. The van der Waals surface area contributed by atoms with E-state index in [0.29, 0.717) is 6.42 Å². The molecule has 0 saturated heterocycles. The van der Waals surface area contributed by atoms with Gasteiger partial charge in [0.1, 0.15) is 10.7 Å². The number of ether oxygens (including phenoxy) is 1. The van der Waals surface area contributed by atoms with E-state index in [-0.39, 0.29) is 23.2 Å². The van der Waals surface area contributed by atoms with Crippen LogP contribution in [0.5, 0.6) is 0 Å². The van der Waals surface area contributed by atoms with Crippen molar-refractivity contribution in [3.63, 3.8) is 0 Å². The lowest BCUT2D eigenvalue weighted by molar-refractivity contribution is 0.173. The zero-order chi connectivity index (χ0) is 13.8. The van der Waals surface area contributed by atoms with Crippen LogP contribution in [0.2, 0.25) is 0 Å². The molecule has 1 rings (SSSR count). The highest BCUT2D eigenvalue weighted by atomic mass is 32.2. The molecule has 1 aromatic carbocycles. The van der Waals surface area contributed by atoms with Gasteiger partial charge >= 0.3 is 0 Å². The molecule has 0 amide bonds. The van der Waals surface area contributed by atoms with E-state index in [2.05, 4.69) is 4.72 Å². The van der Waals surface area contributed by atoms with Crippen molar-refractivity contribution in [3.05, 3.63) is 24.0 Å². The minimum Gasteiger partial charge on any atom is -0.398 e. The van der Waals surface area contributed by atoms with Crippen LogP contribution in [0.25, 0.3) is 0 Å². The van der Waals surface area contributed by atoms with Gasteiger partial charge in [-0.1, -0.05) is 6.92 Å². The highest BCUT2D eigenvalue weighted by molar-refractivity contribution is 7.89. The van der Waals surface area contributed by atoms with Crippen LogP contribution < -0.4 is 10.5 Å². The topological polar surface area (TPSA) is 81.4 Å². The smallest absolute Gasteiger partial charge is 0.242 e. The minimum atomic E-state index is -3.76. The van der Waals surface area contributed by atoms with Gasteiger partial charge in [-0.25, -0.2) is 17.5 Å². The summed E-state index contributed by atoms with van der Waals surface area (Å²) in [4.78, 5) is -0.126. The first kappa shape index (κ1) is 14.9. The maximum absolute atomic E-state index is 12.9. The first-order valence-corrected chi connectivity index (χ1v) is 6.95.